The fraction of sp³-hybridized carbons (Fsp3) is 0.611. The SMILES string of the molecule is CC(C)(C)OC(=O)N1CCC2(CC1)CNC2c1ccc(Cl)cc1. The summed E-state index contributed by atoms with van der Waals surface area (Å²) >= 11 is 5.98. The molecule has 2 heterocycles. The second kappa shape index (κ2) is 5.99. The maximum atomic E-state index is 12.2. The van der Waals surface area contributed by atoms with E-state index in [1.807, 2.05) is 37.8 Å². The quantitative estimate of drug-likeness (QED) is 0.842. The lowest BCUT2D eigenvalue weighted by Gasteiger charge is -2.54. The third kappa shape index (κ3) is 3.48. The van der Waals surface area contributed by atoms with Crippen LogP contribution in [0.2, 0.25) is 5.02 Å². The first-order valence-corrected chi connectivity index (χ1v) is 8.64. The van der Waals surface area contributed by atoms with Crippen LogP contribution >= 0.6 is 11.6 Å². The second-order valence-corrected chi connectivity index (χ2v) is 8.13. The van der Waals surface area contributed by atoms with E-state index in [9.17, 15) is 4.79 Å². The minimum absolute atomic E-state index is 0.192. The zero-order chi connectivity index (χ0) is 16.7. The molecule has 1 aromatic carbocycles. The van der Waals surface area contributed by atoms with Crippen LogP contribution in [0.15, 0.2) is 24.3 Å². The van der Waals surface area contributed by atoms with Gasteiger partial charge in [0.1, 0.15) is 5.60 Å². The topological polar surface area (TPSA) is 41.6 Å². The Bertz CT molecular complexity index is 572. The largest absolute Gasteiger partial charge is 0.444 e. The number of benzene rings is 1. The molecule has 23 heavy (non-hydrogen) atoms. The van der Waals surface area contributed by atoms with E-state index >= 15 is 0 Å². The van der Waals surface area contributed by atoms with Crippen LogP contribution in [0.1, 0.15) is 45.2 Å². The number of hydrogen-bond donors (Lipinski definition) is 1. The number of nitrogens with zero attached hydrogens (tertiary/aromatic N) is 1. The van der Waals surface area contributed by atoms with Gasteiger partial charge in [-0.2, -0.15) is 0 Å². The molecule has 0 aliphatic carbocycles. The summed E-state index contributed by atoms with van der Waals surface area (Å²) in [7, 11) is 0. The van der Waals surface area contributed by atoms with Crippen LogP contribution in [0, 0.1) is 5.41 Å². The van der Waals surface area contributed by atoms with E-state index in [4.69, 9.17) is 16.3 Å². The molecule has 0 radical (unpaired) electrons. The fourth-order valence-corrected chi connectivity index (χ4v) is 3.67. The highest BCUT2D eigenvalue weighted by atomic mass is 35.5. The number of carbonyl (C=O) groups excluding carboxylic acids is 1. The number of halogens is 1. The number of nitrogens with one attached hydrogen (secondary N) is 1. The lowest BCUT2D eigenvalue weighted by molar-refractivity contribution is -0.0181. The van der Waals surface area contributed by atoms with Gasteiger partial charge in [-0.15, -0.1) is 0 Å². The normalized spacial score (nSPS) is 23.5. The number of ether oxygens (including phenoxy) is 1. The van der Waals surface area contributed by atoms with Crippen molar-refractivity contribution in [1.29, 1.82) is 0 Å². The summed E-state index contributed by atoms with van der Waals surface area (Å²) in [6.07, 6.45) is 1.82. The maximum absolute atomic E-state index is 12.2. The Balaban J connectivity index is 1.62. The Kier molecular flexibility index (Phi) is 4.32. The van der Waals surface area contributed by atoms with Gasteiger partial charge < -0.3 is 15.0 Å². The molecule has 2 fully saturated rings. The van der Waals surface area contributed by atoms with Gasteiger partial charge >= 0.3 is 6.09 Å². The van der Waals surface area contributed by atoms with Crippen LogP contribution in [-0.4, -0.2) is 36.2 Å². The average molecular weight is 337 g/mol. The predicted molar refractivity (Wildman–Crippen MR) is 91.7 cm³/mol. The van der Waals surface area contributed by atoms with Gasteiger partial charge in [0.2, 0.25) is 0 Å². The number of amides is 1. The molecule has 0 saturated carbocycles. The lowest BCUT2D eigenvalue weighted by atomic mass is 9.65. The van der Waals surface area contributed by atoms with E-state index in [0.29, 0.717) is 6.04 Å². The van der Waals surface area contributed by atoms with Crippen molar-refractivity contribution in [3.05, 3.63) is 34.9 Å². The van der Waals surface area contributed by atoms with Gasteiger partial charge in [0.25, 0.3) is 0 Å². The first-order chi connectivity index (χ1) is 10.8. The van der Waals surface area contributed by atoms with Gasteiger partial charge in [-0.25, -0.2) is 4.79 Å². The number of piperidine rings is 1. The number of hydrogen-bond acceptors (Lipinski definition) is 3. The van der Waals surface area contributed by atoms with Gasteiger partial charge in [0.15, 0.2) is 0 Å². The van der Waals surface area contributed by atoms with Gasteiger partial charge in [0, 0.05) is 36.1 Å². The first kappa shape index (κ1) is 16.6. The molecule has 4 nitrogen and oxygen atoms in total. The van der Waals surface area contributed by atoms with E-state index in [2.05, 4.69) is 17.4 Å². The van der Waals surface area contributed by atoms with E-state index < -0.39 is 5.60 Å². The van der Waals surface area contributed by atoms with Crippen LogP contribution in [-0.2, 0) is 4.74 Å². The van der Waals surface area contributed by atoms with Gasteiger partial charge in [0.05, 0.1) is 0 Å². The number of rotatable bonds is 1. The smallest absolute Gasteiger partial charge is 0.410 e. The molecule has 1 N–H and O–H groups in total. The fourth-order valence-electron chi connectivity index (χ4n) is 3.55. The zero-order valence-corrected chi connectivity index (χ0v) is 14.8. The maximum Gasteiger partial charge on any atom is 0.410 e. The first-order valence-electron chi connectivity index (χ1n) is 8.26. The summed E-state index contributed by atoms with van der Waals surface area (Å²) in [5.74, 6) is 0. The molecule has 1 aromatic rings. The third-order valence-corrected chi connectivity index (χ3v) is 5.14. The van der Waals surface area contributed by atoms with Crippen LogP contribution in [0.5, 0.6) is 0 Å². The monoisotopic (exact) mass is 336 g/mol. The molecule has 2 saturated heterocycles. The number of carbonyl (C=O) groups is 1. The summed E-state index contributed by atoms with van der Waals surface area (Å²) in [4.78, 5) is 14.0. The van der Waals surface area contributed by atoms with Crippen LogP contribution in [0.3, 0.4) is 0 Å². The van der Waals surface area contributed by atoms with Gasteiger partial charge in [-0.1, -0.05) is 23.7 Å². The molecule has 1 spiro atoms. The van der Waals surface area contributed by atoms with Crippen molar-refractivity contribution in [3.63, 3.8) is 0 Å². The molecular weight excluding hydrogens is 312 g/mol. The highest BCUT2D eigenvalue weighted by molar-refractivity contribution is 6.30. The Morgan fingerprint density at radius 2 is 1.87 bits per heavy atom. The van der Waals surface area contributed by atoms with Gasteiger partial charge in [-0.05, 0) is 51.3 Å². The summed E-state index contributed by atoms with van der Waals surface area (Å²) < 4.78 is 5.48. The summed E-state index contributed by atoms with van der Waals surface area (Å²) in [5, 5.41) is 4.31. The van der Waals surface area contributed by atoms with E-state index in [0.717, 1.165) is 37.5 Å². The lowest BCUT2D eigenvalue weighted by Crippen LogP contribution is -2.60. The molecule has 3 rings (SSSR count). The molecule has 1 atom stereocenters. The molecule has 2 aliphatic rings. The molecule has 1 amide bonds. The van der Waals surface area contributed by atoms with Crippen LogP contribution in [0.25, 0.3) is 0 Å². The van der Waals surface area contributed by atoms with Crippen molar-refractivity contribution in [1.82, 2.24) is 10.2 Å². The van der Waals surface area contributed by atoms with E-state index in [1.54, 1.807) is 0 Å². The minimum atomic E-state index is -0.434. The summed E-state index contributed by atoms with van der Waals surface area (Å²) in [6, 6.07) is 8.45. The predicted octanol–water partition coefficient (Wildman–Crippen LogP) is 4.00. The minimum Gasteiger partial charge on any atom is -0.444 e. The van der Waals surface area contributed by atoms with Crippen molar-refractivity contribution >= 4 is 17.7 Å². The molecule has 126 valence electrons. The Hall–Kier alpha value is -1.26. The summed E-state index contributed by atoms with van der Waals surface area (Å²) in [6.45, 7) is 8.26. The Morgan fingerprint density at radius 1 is 1.26 bits per heavy atom. The standard InChI is InChI=1S/C18H25ClN2O2/c1-17(2,3)23-16(22)21-10-8-18(9-11-21)12-20-15(18)13-4-6-14(19)7-5-13/h4-7,15,20H,8-12H2,1-3H3. The molecule has 5 heteroatoms. The Morgan fingerprint density at radius 3 is 2.35 bits per heavy atom. The Labute approximate surface area is 143 Å². The second-order valence-electron chi connectivity index (χ2n) is 7.70. The van der Waals surface area contributed by atoms with Crippen molar-refractivity contribution in [2.24, 2.45) is 5.41 Å². The van der Waals surface area contributed by atoms with Gasteiger partial charge in [-0.3, -0.25) is 0 Å². The van der Waals surface area contributed by atoms with Crippen LogP contribution in [0.4, 0.5) is 4.79 Å². The van der Waals surface area contributed by atoms with E-state index in [-0.39, 0.29) is 11.5 Å². The number of likely N-dealkylation sites (tertiary alicyclic amines) is 1. The molecule has 2 aliphatic heterocycles. The highest BCUT2D eigenvalue weighted by Gasteiger charge is 2.49. The molecular formula is C18H25ClN2O2. The average Bonchev–Trinajstić information content (AvgIpc) is 2.47. The summed E-state index contributed by atoms with van der Waals surface area (Å²) in [5.41, 5.74) is 1.11. The molecule has 1 unspecified atom stereocenters. The van der Waals surface area contributed by atoms with Crippen LogP contribution < -0.4 is 5.32 Å². The molecule has 0 bridgehead atoms. The van der Waals surface area contributed by atoms with Crippen molar-refractivity contribution < 1.29 is 9.53 Å². The van der Waals surface area contributed by atoms with Crippen molar-refractivity contribution in [2.45, 2.75) is 45.3 Å². The van der Waals surface area contributed by atoms with E-state index in [1.165, 1.54) is 5.56 Å². The zero-order valence-electron chi connectivity index (χ0n) is 14.1. The third-order valence-electron chi connectivity index (χ3n) is 4.88. The van der Waals surface area contributed by atoms with Crippen molar-refractivity contribution in [2.75, 3.05) is 19.6 Å². The highest BCUT2D eigenvalue weighted by Crippen LogP contribution is 2.48. The molecule has 0 aromatic heterocycles. The van der Waals surface area contributed by atoms with Crippen molar-refractivity contribution in [3.8, 4) is 0 Å².